The van der Waals surface area contributed by atoms with Crippen molar-refractivity contribution in [1.82, 2.24) is 15.1 Å². The molecule has 4 amide bonds. The number of thiophene rings is 1. The first-order chi connectivity index (χ1) is 13.3. The first-order valence-corrected chi connectivity index (χ1v) is 9.98. The number of benzene rings is 1. The van der Waals surface area contributed by atoms with Crippen LogP contribution in [0.3, 0.4) is 0 Å². The quantitative estimate of drug-likeness (QED) is 0.775. The molecule has 4 rings (SSSR count). The number of carbonyl (C=O) groups is 3. The fourth-order valence-electron chi connectivity index (χ4n) is 3.61. The molecule has 1 unspecified atom stereocenters. The minimum atomic E-state index is -1.45. The number of nitrogens with zero attached hydrogens (tertiary/aromatic N) is 2. The van der Waals surface area contributed by atoms with Crippen molar-refractivity contribution in [1.29, 1.82) is 0 Å². The Kier molecular flexibility index (Phi) is 4.63. The van der Waals surface area contributed by atoms with Gasteiger partial charge in [-0.15, -0.1) is 11.3 Å². The van der Waals surface area contributed by atoms with Crippen LogP contribution >= 0.6 is 22.9 Å². The summed E-state index contributed by atoms with van der Waals surface area (Å²) in [6, 6.07) is 4.94. The molecule has 146 valence electrons. The van der Waals surface area contributed by atoms with Crippen molar-refractivity contribution in [3.63, 3.8) is 0 Å². The van der Waals surface area contributed by atoms with Gasteiger partial charge in [-0.1, -0.05) is 17.7 Å². The van der Waals surface area contributed by atoms with E-state index in [1.165, 1.54) is 23.9 Å². The third kappa shape index (κ3) is 3.06. The van der Waals surface area contributed by atoms with Gasteiger partial charge in [-0.25, -0.2) is 9.18 Å². The van der Waals surface area contributed by atoms with Gasteiger partial charge in [0.1, 0.15) is 17.9 Å². The average Bonchev–Trinajstić information content (AvgIpc) is 3.19. The molecule has 0 radical (unpaired) electrons. The zero-order chi connectivity index (χ0) is 20.1. The van der Waals surface area contributed by atoms with Gasteiger partial charge in [0.2, 0.25) is 5.91 Å². The molecule has 9 heteroatoms. The van der Waals surface area contributed by atoms with E-state index in [1.54, 1.807) is 16.2 Å². The molecule has 1 fully saturated rings. The molecule has 1 N–H and O–H groups in total. The van der Waals surface area contributed by atoms with Gasteiger partial charge in [0.05, 0.1) is 0 Å². The fourth-order valence-corrected chi connectivity index (χ4v) is 4.86. The smallest absolute Gasteiger partial charge is 0.325 e. The van der Waals surface area contributed by atoms with Crippen molar-refractivity contribution in [2.45, 2.75) is 25.4 Å². The highest BCUT2D eigenvalue weighted by Crippen LogP contribution is 2.34. The Morgan fingerprint density at radius 3 is 2.89 bits per heavy atom. The maximum atomic E-state index is 13.4. The third-order valence-corrected chi connectivity index (χ3v) is 6.53. The minimum absolute atomic E-state index is 0.0327. The fraction of sp³-hybridized carbons (Fsp3) is 0.316. The van der Waals surface area contributed by atoms with E-state index < -0.39 is 23.3 Å². The molecular formula is C19H17ClFN3O3S. The van der Waals surface area contributed by atoms with Gasteiger partial charge in [0.15, 0.2) is 0 Å². The van der Waals surface area contributed by atoms with Crippen LogP contribution in [0, 0.1) is 5.82 Å². The van der Waals surface area contributed by atoms with Crippen LogP contribution in [0.2, 0.25) is 5.02 Å². The van der Waals surface area contributed by atoms with E-state index in [-0.39, 0.29) is 23.0 Å². The Hall–Kier alpha value is -2.45. The van der Waals surface area contributed by atoms with E-state index in [9.17, 15) is 18.8 Å². The summed E-state index contributed by atoms with van der Waals surface area (Å²) in [5.41, 5.74) is -0.0700. The monoisotopic (exact) mass is 421 g/mol. The molecule has 0 spiro atoms. The molecule has 1 aromatic carbocycles. The lowest BCUT2D eigenvalue weighted by atomic mass is 9.92. The molecule has 6 nitrogen and oxygen atoms in total. The van der Waals surface area contributed by atoms with Crippen LogP contribution in [0.1, 0.15) is 22.9 Å². The number of urea groups is 1. The molecule has 0 saturated carbocycles. The number of rotatable bonds is 3. The highest BCUT2D eigenvalue weighted by molar-refractivity contribution is 7.10. The van der Waals surface area contributed by atoms with Crippen LogP contribution in [0.25, 0.3) is 0 Å². The zero-order valence-electron chi connectivity index (χ0n) is 15.0. The van der Waals surface area contributed by atoms with Gasteiger partial charge < -0.3 is 10.2 Å². The number of halogens is 2. The Balaban J connectivity index is 1.52. The van der Waals surface area contributed by atoms with Gasteiger partial charge in [0, 0.05) is 28.6 Å². The van der Waals surface area contributed by atoms with Gasteiger partial charge in [-0.3, -0.25) is 14.5 Å². The number of carbonyl (C=O) groups excluding carboxylic acids is 3. The first-order valence-electron chi connectivity index (χ1n) is 8.72. The molecule has 2 aromatic rings. The second-order valence-electron chi connectivity index (χ2n) is 7.00. The summed E-state index contributed by atoms with van der Waals surface area (Å²) in [6.07, 6.45) is 0.766. The van der Waals surface area contributed by atoms with E-state index in [1.807, 2.05) is 11.4 Å². The number of nitrogens with one attached hydrogen (secondary N) is 1. The first kappa shape index (κ1) is 18.9. The molecule has 1 atom stereocenters. The normalized spacial score (nSPS) is 21.7. The summed E-state index contributed by atoms with van der Waals surface area (Å²) >= 11 is 7.76. The van der Waals surface area contributed by atoms with E-state index in [2.05, 4.69) is 5.32 Å². The number of fused-ring (bicyclic) bond motifs is 1. The number of imide groups is 1. The van der Waals surface area contributed by atoms with Crippen molar-refractivity contribution in [3.05, 3.63) is 56.5 Å². The SMILES string of the molecule is CC1(c2ccc(F)cc2Cl)NC(=O)N(CC(=O)N2CCc3sccc3C2)C1=O. The molecule has 0 bridgehead atoms. The molecular weight excluding hydrogens is 405 g/mol. The van der Waals surface area contributed by atoms with E-state index in [4.69, 9.17) is 11.6 Å². The predicted molar refractivity (Wildman–Crippen MR) is 102 cm³/mol. The highest BCUT2D eigenvalue weighted by atomic mass is 35.5. The standard InChI is InChI=1S/C19H17ClFN3O3S/c1-19(13-3-2-12(21)8-14(13)20)17(26)24(18(27)22-19)10-16(25)23-6-4-15-11(9-23)5-7-28-15/h2-3,5,7-8H,4,6,9-10H2,1H3,(H,22,27). The number of amides is 4. The maximum absolute atomic E-state index is 13.4. The van der Waals surface area contributed by atoms with Crippen LogP contribution in [-0.2, 0) is 28.1 Å². The van der Waals surface area contributed by atoms with Crippen LogP contribution < -0.4 is 5.32 Å². The molecule has 2 aliphatic heterocycles. The van der Waals surface area contributed by atoms with Crippen molar-refractivity contribution in [2.24, 2.45) is 0 Å². The van der Waals surface area contributed by atoms with E-state index in [0.29, 0.717) is 13.1 Å². The Bertz CT molecular complexity index is 995. The summed E-state index contributed by atoms with van der Waals surface area (Å²) < 4.78 is 13.4. The van der Waals surface area contributed by atoms with E-state index >= 15 is 0 Å². The molecule has 3 heterocycles. The third-order valence-electron chi connectivity index (χ3n) is 5.20. The predicted octanol–water partition coefficient (Wildman–Crippen LogP) is 2.89. The topological polar surface area (TPSA) is 69.7 Å². The Morgan fingerprint density at radius 1 is 1.36 bits per heavy atom. The lowest BCUT2D eigenvalue weighted by Gasteiger charge is -2.28. The second-order valence-corrected chi connectivity index (χ2v) is 8.41. The van der Waals surface area contributed by atoms with Crippen LogP contribution in [-0.4, -0.2) is 40.7 Å². The second kappa shape index (κ2) is 6.86. The molecule has 2 aliphatic rings. The lowest BCUT2D eigenvalue weighted by molar-refractivity contribution is -0.139. The molecule has 1 saturated heterocycles. The van der Waals surface area contributed by atoms with Gasteiger partial charge in [-0.2, -0.15) is 0 Å². The molecule has 1 aromatic heterocycles. The summed E-state index contributed by atoms with van der Waals surface area (Å²) in [7, 11) is 0. The lowest BCUT2D eigenvalue weighted by Crippen LogP contribution is -2.45. The van der Waals surface area contributed by atoms with Gasteiger partial charge >= 0.3 is 6.03 Å². The average molecular weight is 422 g/mol. The molecule has 28 heavy (non-hydrogen) atoms. The summed E-state index contributed by atoms with van der Waals surface area (Å²) in [6.45, 7) is 2.17. The largest absolute Gasteiger partial charge is 0.336 e. The Labute approximate surface area is 169 Å². The van der Waals surface area contributed by atoms with E-state index in [0.717, 1.165) is 23.0 Å². The van der Waals surface area contributed by atoms with Crippen LogP contribution in [0.4, 0.5) is 9.18 Å². The highest BCUT2D eigenvalue weighted by Gasteiger charge is 2.50. The summed E-state index contributed by atoms with van der Waals surface area (Å²) in [5, 5.41) is 4.61. The number of hydrogen-bond acceptors (Lipinski definition) is 4. The zero-order valence-corrected chi connectivity index (χ0v) is 16.6. The summed E-state index contributed by atoms with van der Waals surface area (Å²) in [5.74, 6) is -1.43. The number of hydrogen-bond donors (Lipinski definition) is 1. The minimum Gasteiger partial charge on any atom is -0.336 e. The van der Waals surface area contributed by atoms with Crippen molar-refractivity contribution in [2.75, 3.05) is 13.1 Å². The van der Waals surface area contributed by atoms with Gasteiger partial charge in [0.25, 0.3) is 5.91 Å². The molecule has 0 aliphatic carbocycles. The summed E-state index contributed by atoms with van der Waals surface area (Å²) in [4.78, 5) is 41.9. The van der Waals surface area contributed by atoms with Gasteiger partial charge in [-0.05, 0) is 42.5 Å². The Morgan fingerprint density at radius 2 is 2.14 bits per heavy atom. The van der Waals surface area contributed by atoms with Crippen LogP contribution in [0.15, 0.2) is 29.6 Å². The van der Waals surface area contributed by atoms with Crippen LogP contribution in [0.5, 0.6) is 0 Å². The van der Waals surface area contributed by atoms with Crippen molar-refractivity contribution < 1.29 is 18.8 Å². The van der Waals surface area contributed by atoms with Crippen molar-refractivity contribution in [3.8, 4) is 0 Å². The van der Waals surface area contributed by atoms with Crippen molar-refractivity contribution >= 4 is 40.8 Å². The maximum Gasteiger partial charge on any atom is 0.325 e.